The molecule has 0 amide bonds. The molecule has 0 saturated heterocycles. The van der Waals surface area contributed by atoms with Gasteiger partial charge in [-0.2, -0.15) is 0 Å². The standard InChI is InChI=1S/C15H20FN3/c1-14(2)7-8-15(9-14)10-18-13(17)19(15)12-5-3-11(16)4-6-12/h3-6H,7-10H2,1-2H3,(H2,17,18). The molecule has 0 radical (unpaired) electrons. The van der Waals surface area contributed by atoms with Crippen LogP contribution in [0.25, 0.3) is 0 Å². The molecule has 1 saturated carbocycles. The maximum Gasteiger partial charge on any atom is 0.196 e. The van der Waals surface area contributed by atoms with Gasteiger partial charge in [-0.15, -0.1) is 0 Å². The van der Waals surface area contributed by atoms with E-state index < -0.39 is 0 Å². The fourth-order valence-electron chi connectivity index (χ4n) is 3.57. The van der Waals surface area contributed by atoms with Crippen LogP contribution in [0.2, 0.25) is 0 Å². The van der Waals surface area contributed by atoms with E-state index in [0.29, 0.717) is 11.4 Å². The van der Waals surface area contributed by atoms with E-state index in [9.17, 15) is 4.39 Å². The van der Waals surface area contributed by atoms with E-state index >= 15 is 0 Å². The molecule has 1 aliphatic heterocycles. The molecule has 1 fully saturated rings. The smallest absolute Gasteiger partial charge is 0.196 e. The van der Waals surface area contributed by atoms with Gasteiger partial charge in [-0.25, -0.2) is 4.39 Å². The van der Waals surface area contributed by atoms with Crippen molar-refractivity contribution in [2.45, 2.75) is 38.6 Å². The number of nitrogens with two attached hydrogens (primary N) is 1. The van der Waals surface area contributed by atoms with Gasteiger partial charge in [0.15, 0.2) is 5.96 Å². The van der Waals surface area contributed by atoms with E-state index in [1.807, 2.05) is 0 Å². The number of rotatable bonds is 1. The van der Waals surface area contributed by atoms with Crippen LogP contribution >= 0.6 is 0 Å². The number of aliphatic imine (C=N–C) groups is 1. The van der Waals surface area contributed by atoms with Crippen molar-refractivity contribution in [3.63, 3.8) is 0 Å². The number of hydrogen-bond acceptors (Lipinski definition) is 3. The Labute approximate surface area is 113 Å². The molecular formula is C15H20FN3. The summed E-state index contributed by atoms with van der Waals surface area (Å²) in [6, 6.07) is 6.54. The third-order valence-corrected chi connectivity index (χ3v) is 4.40. The lowest BCUT2D eigenvalue weighted by molar-refractivity contribution is 0.346. The molecule has 3 rings (SSSR count). The van der Waals surface area contributed by atoms with Crippen molar-refractivity contribution >= 4 is 11.6 Å². The van der Waals surface area contributed by atoms with E-state index in [2.05, 4.69) is 23.7 Å². The number of guanidine groups is 1. The lowest BCUT2D eigenvalue weighted by atomic mass is 9.87. The van der Waals surface area contributed by atoms with Crippen LogP contribution in [0.3, 0.4) is 0 Å². The van der Waals surface area contributed by atoms with Crippen molar-refractivity contribution in [2.24, 2.45) is 16.1 Å². The van der Waals surface area contributed by atoms with Crippen molar-refractivity contribution in [1.82, 2.24) is 0 Å². The summed E-state index contributed by atoms with van der Waals surface area (Å²) in [6.45, 7) is 5.33. The van der Waals surface area contributed by atoms with Gasteiger partial charge in [0, 0.05) is 5.69 Å². The molecule has 1 spiro atoms. The van der Waals surface area contributed by atoms with Gasteiger partial charge in [0.2, 0.25) is 0 Å². The lowest BCUT2D eigenvalue weighted by Gasteiger charge is -2.37. The Hall–Kier alpha value is -1.58. The predicted octanol–water partition coefficient (Wildman–Crippen LogP) is 2.91. The van der Waals surface area contributed by atoms with Gasteiger partial charge in [0.05, 0.1) is 12.1 Å². The molecule has 1 atom stereocenters. The van der Waals surface area contributed by atoms with Crippen LogP contribution in [0.5, 0.6) is 0 Å². The number of hydrogen-bond donors (Lipinski definition) is 1. The van der Waals surface area contributed by atoms with E-state index in [4.69, 9.17) is 5.73 Å². The van der Waals surface area contributed by atoms with Crippen molar-refractivity contribution in [3.8, 4) is 0 Å². The van der Waals surface area contributed by atoms with Crippen molar-refractivity contribution < 1.29 is 4.39 Å². The zero-order chi connectivity index (χ0) is 13.7. The Morgan fingerprint density at radius 3 is 2.47 bits per heavy atom. The topological polar surface area (TPSA) is 41.6 Å². The molecule has 3 nitrogen and oxygen atoms in total. The summed E-state index contributed by atoms with van der Waals surface area (Å²) in [5.41, 5.74) is 7.33. The minimum absolute atomic E-state index is 0.00852. The van der Waals surface area contributed by atoms with E-state index in [1.54, 1.807) is 12.1 Å². The summed E-state index contributed by atoms with van der Waals surface area (Å²) in [6.07, 6.45) is 3.33. The molecule has 1 aliphatic carbocycles. The molecule has 2 aliphatic rings. The summed E-state index contributed by atoms with van der Waals surface area (Å²) >= 11 is 0. The van der Waals surface area contributed by atoms with Gasteiger partial charge in [-0.1, -0.05) is 13.8 Å². The summed E-state index contributed by atoms with van der Waals surface area (Å²) in [7, 11) is 0. The van der Waals surface area contributed by atoms with Gasteiger partial charge in [0.25, 0.3) is 0 Å². The van der Waals surface area contributed by atoms with Gasteiger partial charge in [0.1, 0.15) is 5.82 Å². The van der Waals surface area contributed by atoms with Gasteiger partial charge < -0.3 is 10.6 Å². The van der Waals surface area contributed by atoms with Crippen molar-refractivity contribution in [3.05, 3.63) is 30.1 Å². The largest absolute Gasteiger partial charge is 0.369 e. The first-order valence-electron chi connectivity index (χ1n) is 6.78. The summed E-state index contributed by atoms with van der Waals surface area (Å²) in [4.78, 5) is 6.56. The Kier molecular flexibility index (Phi) is 2.59. The van der Waals surface area contributed by atoms with Crippen LogP contribution in [-0.2, 0) is 0 Å². The number of anilines is 1. The van der Waals surface area contributed by atoms with E-state index in [0.717, 1.165) is 25.1 Å². The molecule has 1 heterocycles. The van der Waals surface area contributed by atoms with E-state index in [1.165, 1.54) is 18.6 Å². The molecule has 1 aromatic rings. The Bertz CT molecular complexity index is 521. The molecular weight excluding hydrogens is 241 g/mol. The highest BCUT2D eigenvalue weighted by atomic mass is 19.1. The lowest BCUT2D eigenvalue weighted by Crippen LogP contribution is -2.50. The average molecular weight is 261 g/mol. The number of halogens is 1. The van der Waals surface area contributed by atoms with Crippen LogP contribution in [0.1, 0.15) is 33.1 Å². The first kappa shape index (κ1) is 12.5. The van der Waals surface area contributed by atoms with Gasteiger partial charge in [-0.3, -0.25) is 4.99 Å². The second kappa shape index (κ2) is 3.95. The minimum Gasteiger partial charge on any atom is -0.369 e. The second-order valence-corrected chi connectivity index (χ2v) is 6.55. The molecule has 0 aromatic heterocycles. The Morgan fingerprint density at radius 1 is 1.21 bits per heavy atom. The van der Waals surface area contributed by atoms with Crippen LogP contribution < -0.4 is 10.6 Å². The zero-order valence-electron chi connectivity index (χ0n) is 11.5. The highest BCUT2D eigenvalue weighted by molar-refractivity contribution is 5.98. The van der Waals surface area contributed by atoms with Gasteiger partial charge in [-0.05, 0) is 48.9 Å². The number of nitrogens with zero attached hydrogens (tertiary/aromatic N) is 2. The van der Waals surface area contributed by atoms with Crippen molar-refractivity contribution in [1.29, 1.82) is 0 Å². The molecule has 0 bridgehead atoms. The summed E-state index contributed by atoms with van der Waals surface area (Å²) in [5.74, 6) is 0.337. The predicted molar refractivity (Wildman–Crippen MR) is 75.7 cm³/mol. The zero-order valence-corrected chi connectivity index (χ0v) is 11.5. The van der Waals surface area contributed by atoms with Crippen LogP contribution in [0, 0.1) is 11.2 Å². The minimum atomic E-state index is -0.223. The fraction of sp³-hybridized carbons (Fsp3) is 0.533. The quantitative estimate of drug-likeness (QED) is 0.844. The number of benzene rings is 1. The summed E-state index contributed by atoms with van der Waals surface area (Å²) < 4.78 is 13.1. The molecule has 19 heavy (non-hydrogen) atoms. The average Bonchev–Trinajstić information content (AvgIpc) is 2.82. The van der Waals surface area contributed by atoms with Crippen LogP contribution in [-0.4, -0.2) is 18.0 Å². The third-order valence-electron chi connectivity index (χ3n) is 4.40. The summed E-state index contributed by atoms with van der Waals surface area (Å²) in [5, 5.41) is 0. The van der Waals surface area contributed by atoms with E-state index in [-0.39, 0.29) is 11.4 Å². The highest BCUT2D eigenvalue weighted by Gasteiger charge is 2.50. The molecule has 1 unspecified atom stereocenters. The van der Waals surface area contributed by atoms with Gasteiger partial charge >= 0.3 is 0 Å². The highest BCUT2D eigenvalue weighted by Crippen LogP contribution is 2.49. The third kappa shape index (κ3) is 1.99. The fourth-order valence-corrected chi connectivity index (χ4v) is 3.57. The molecule has 1 aromatic carbocycles. The van der Waals surface area contributed by atoms with Crippen LogP contribution in [0.15, 0.2) is 29.3 Å². The Balaban J connectivity index is 1.97. The maximum atomic E-state index is 13.1. The maximum absolute atomic E-state index is 13.1. The monoisotopic (exact) mass is 261 g/mol. The molecule has 102 valence electrons. The second-order valence-electron chi connectivity index (χ2n) is 6.55. The van der Waals surface area contributed by atoms with Crippen LogP contribution in [0.4, 0.5) is 10.1 Å². The normalized spacial score (nSPS) is 29.0. The molecule has 2 N–H and O–H groups in total. The van der Waals surface area contributed by atoms with Crippen molar-refractivity contribution in [2.75, 3.05) is 11.4 Å². The first-order chi connectivity index (χ1) is 8.92. The first-order valence-corrected chi connectivity index (χ1v) is 6.78. The molecule has 4 heteroatoms. The SMILES string of the molecule is CC1(C)CCC2(CN=C(N)N2c2ccc(F)cc2)C1. The Morgan fingerprint density at radius 2 is 1.89 bits per heavy atom.